The molecule has 0 aliphatic rings. The molecule has 1 aromatic carbocycles. The second-order valence-corrected chi connectivity index (χ2v) is 7.00. The van der Waals surface area contributed by atoms with Crippen LogP contribution in [0.2, 0.25) is 0 Å². The van der Waals surface area contributed by atoms with E-state index in [1.54, 1.807) is 24.5 Å². The number of carbonyl (C=O) groups excluding carboxylic acids is 1. The van der Waals surface area contributed by atoms with Crippen LogP contribution in [0, 0.1) is 0 Å². The number of thiophene rings is 1. The Hall–Kier alpha value is -3.12. The number of nitrogens with one attached hydrogen (secondary N) is 1. The molecule has 5 nitrogen and oxygen atoms in total. The molecule has 4 rings (SSSR count). The lowest BCUT2D eigenvalue weighted by molar-refractivity contribution is 0.0593. The van der Waals surface area contributed by atoms with E-state index in [1.165, 1.54) is 7.11 Å². The predicted molar refractivity (Wildman–Crippen MR) is 107 cm³/mol. The number of hydrogen-bond donors (Lipinski definition) is 1. The maximum Gasteiger partial charge on any atom is 0.356 e. The highest BCUT2D eigenvalue weighted by Gasteiger charge is 2.16. The van der Waals surface area contributed by atoms with Crippen molar-refractivity contribution in [2.75, 3.05) is 14.2 Å². The lowest BCUT2D eigenvalue weighted by Gasteiger charge is -2.06. The minimum absolute atomic E-state index is 0.314. The molecule has 3 aromatic heterocycles. The monoisotopic (exact) mass is 378 g/mol. The minimum atomic E-state index is -0.431. The summed E-state index contributed by atoms with van der Waals surface area (Å²) in [6.07, 6.45) is 0.602. The Kier molecular flexibility index (Phi) is 4.64. The maximum atomic E-state index is 11.8. The molecule has 1 N–H and O–H groups in total. The van der Waals surface area contributed by atoms with E-state index in [-0.39, 0.29) is 0 Å². The number of aromatic amines is 1. The summed E-state index contributed by atoms with van der Waals surface area (Å²) in [5, 5.41) is 3.17. The first kappa shape index (κ1) is 17.3. The van der Waals surface area contributed by atoms with Crippen LogP contribution < -0.4 is 4.74 Å². The van der Waals surface area contributed by atoms with Crippen molar-refractivity contribution in [2.24, 2.45) is 0 Å². The first-order chi connectivity index (χ1) is 13.2. The molecule has 0 fully saturated rings. The van der Waals surface area contributed by atoms with Crippen LogP contribution in [0.3, 0.4) is 0 Å². The third-order valence-corrected chi connectivity index (χ3v) is 5.33. The van der Waals surface area contributed by atoms with E-state index in [0.717, 1.165) is 38.5 Å². The summed E-state index contributed by atoms with van der Waals surface area (Å²) in [4.78, 5) is 21.0. The van der Waals surface area contributed by atoms with Crippen molar-refractivity contribution < 1.29 is 14.3 Å². The first-order valence-corrected chi connectivity index (χ1v) is 9.34. The number of hydrogen-bond acceptors (Lipinski definition) is 5. The summed E-state index contributed by atoms with van der Waals surface area (Å²) in [6, 6.07) is 15.5. The van der Waals surface area contributed by atoms with Crippen molar-refractivity contribution in [3.05, 3.63) is 70.9 Å². The zero-order valence-corrected chi connectivity index (χ0v) is 15.8. The molecule has 3 heterocycles. The van der Waals surface area contributed by atoms with Gasteiger partial charge in [0.25, 0.3) is 0 Å². The van der Waals surface area contributed by atoms with Crippen LogP contribution in [-0.2, 0) is 11.2 Å². The first-order valence-electron chi connectivity index (χ1n) is 8.46. The van der Waals surface area contributed by atoms with E-state index in [0.29, 0.717) is 12.1 Å². The zero-order valence-electron chi connectivity index (χ0n) is 15.0. The normalized spacial score (nSPS) is 10.9. The lowest BCUT2D eigenvalue weighted by Crippen LogP contribution is -2.06. The number of rotatable bonds is 5. The zero-order chi connectivity index (χ0) is 18.8. The summed E-state index contributed by atoms with van der Waals surface area (Å²) in [5.74, 6) is 0.373. The number of esters is 1. The highest BCUT2D eigenvalue weighted by atomic mass is 32.1. The number of ether oxygens (including phenoxy) is 2. The molecule has 0 radical (unpaired) electrons. The van der Waals surface area contributed by atoms with E-state index < -0.39 is 5.97 Å². The van der Waals surface area contributed by atoms with E-state index in [4.69, 9.17) is 9.47 Å². The van der Waals surface area contributed by atoms with E-state index in [9.17, 15) is 4.79 Å². The molecule has 0 spiro atoms. The summed E-state index contributed by atoms with van der Waals surface area (Å²) in [7, 11) is 3.02. The highest BCUT2D eigenvalue weighted by molar-refractivity contribution is 7.13. The van der Waals surface area contributed by atoms with Crippen LogP contribution in [-0.4, -0.2) is 30.2 Å². The van der Waals surface area contributed by atoms with E-state index in [1.807, 2.05) is 30.3 Å². The fraction of sp³-hybridized carbons (Fsp3) is 0.143. The smallest absolute Gasteiger partial charge is 0.356 e. The van der Waals surface area contributed by atoms with Gasteiger partial charge in [0, 0.05) is 29.1 Å². The third kappa shape index (κ3) is 3.31. The van der Waals surface area contributed by atoms with Gasteiger partial charge in [0.05, 0.1) is 24.8 Å². The van der Waals surface area contributed by atoms with Crippen LogP contribution in [0.25, 0.3) is 21.5 Å². The van der Waals surface area contributed by atoms with Gasteiger partial charge in [-0.3, -0.25) is 0 Å². The van der Waals surface area contributed by atoms with Crippen LogP contribution in [0.1, 0.15) is 21.7 Å². The average Bonchev–Trinajstić information content (AvgIpc) is 3.35. The molecular formula is C21H18N2O3S. The molecule has 0 saturated heterocycles. The summed E-state index contributed by atoms with van der Waals surface area (Å²) >= 11 is 1.68. The van der Waals surface area contributed by atoms with Crippen molar-refractivity contribution >= 4 is 28.2 Å². The summed E-state index contributed by atoms with van der Waals surface area (Å²) in [6.45, 7) is 0. The number of benzene rings is 1. The number of H-pyrrole nitrogens is 1. The van der Waals surface area contributed by atoms with E-state index in [2.05, 4.69) is 27.5 Å². The Morgan fingerprint density at radius 1 is 1.15 bits per heavy atom. The molecule has 0 bridgehead atoms. The van der Waals surface area contributed by atoms with Gasteiger partial charge in [-0.1, -0.05) is 12.1 Å². The molecule has 136 valence electrons. The number of fused-ring (bicyclic) bond motifs is 1. The Labute approximate surface area is 160 Å². The van der Waals surface area contributed by atoms with Gasteiger partial charge in [-0.15, -0.1) is 11.3 Å². The van der Waals surface area contributed by atoms with Crippen LogP contribution >= 0.6 is 11.3 Å². The Bertz CT molecular complexity index is 1100. The second kappa shape index (κ2) is 7.25. The average molecular weight is 378 g/mol. The highest BCUT2D eigenvalue weighted by Crippen LogP contribution is 2.35. The topological polar surface area (TPSA) is 64.2 Å². The van der Waals surface area contributed by atoms with Crippen LogP contribution in [0.4, 0.5) is 0 Å². The standard InChI is InChI=1S/C21H18N2O3S/c1-25-14-8-9-15-16(11-13-5-3-6-17(22-13)21(24)26-2)20(23-18(15)12-14)19-7-4-10-27-19/h3-10,12,23H,11H2,1-2H3. The molecule has 0 aliphatic carbocycles. The molecule has 0 aliphatic heterocycles. The van der Waals surface area contributed by atoms with Crippen molar-refractivity contribution in [3.63, 3.8) is 0 Å². The van der Waals surface area contributed by atoms with Gasteiger partial charge < -0.3 is 14.5 Å². The van der Waals surface area contributed by atoms with Gasteiger partial charge in [0.15, 0.2) is 0 Å². The van der Waals surface area contributed by atoms with Gasteiger partial charge in [-0.25, -0.2) is 9.78 Å². The molecule has 27 heavy (non-hydrogen) atoms. The largest absolute Gasteiger partial charge is 0.497 e. The SMILES string of the molecule is COC(=O)c1cccc(Cc2c(-c3cccs3)[nH]c3cc(OC)ccc23)n1. The quantitative estimate of drug-likeness (QED) is 0.512. The lowest BCUT2D eigenvalue weighted by atomic mass is 10.0. The number of pyridine rings is 1. The molecule has 6 heteroatoms. The van der Waals surface area contributed by atoms with Gasteiger partial charge in [0.2, 0.25) is 0 Å². The van der Waals surface area contributed by atoms with Crippen LogP contribution in [0.15, 0.2) is 53.9 Å². The molecule has 0 saturated carbocycles. The number of nitrogens with zero attached hydrogens (tertiary/aromatic N) is 1. The van der Waals surface area contributed by atoms with Gasteiger partial charge >= 0.3 is 5.97 Å². The van der Waals surface area contributed by atoms with Gasteiger partial charge in [-0.05, 0) is 41.3 Å². The summed E-state index contributed by atoms with van der Waals surface area (Å²) < 4.78 is 10.1. The number of carbonyl (C=O) groups is 1. The molecule has 0 unspecified atom stereocenters. The summed E-state index contributed by atoms with van der Waals surface area (Å²) in [5.41, 5.74) is 4.35. The van der Waals surface area contributed by atoms with Crippen molar-refractivity contribution in [1.82, 2.24) is 9.97 Å². The predicted octanol–water partition coefficient (Wildman–Crippen LogP) is 4.68. The fourth-order valence-electron chi connectivity index (χ4n) is 3.15. The van der Waals surface area contributed by atoms with Crippen molar-refractivity contribution in [1.29, 1.82) is 0 Å². The Balaban J connectivity index is 1.82. The van der Waals surface area contributed by atoms with Crippen molar-refractivity contribution in [2.45, 2.75) is 6.42 Å². The Morgan fingerprint density at radius 2 is 2.04 bits per heavy atom. The maximum absolute atomic E-state index is 11.8. The van der Waals surface area contributed by atoms with Crippen LogP contribution in [0.5, 0.6) is 5.75 Å². The number of aromatic nitrogens is 2. The molecule has 0 amide bonds. The Morgan fingerprint density at radius 3 is 2.78 bits per heavy atom. The van der Waals surface area contributed by atoms with Gasteiger partial charge in [0.1, 0.15) is 11.4 Å². The molecule has 4 aromatic rings. The van der Waals surface area contributed by atoms with Crippen molar-refractivity contribution in [3.8, 4) is 16.3 Å². The minimum Gasteiger partial charge on any atom is -0.497 e. The number of methoxy groups -OCH3 is 2. The molecule has 0 atom stereocenters. The third-order valence-electron chi connectivity index (χ3n) is 4.44. The van der Waals surface area contributed by atoms with E-state index >= 15 is 0 Å². The fourth-order valence-corrected chi connectivity index (χ4v) is 3.91. The molecular weight excluding hydrogens is 360 g/mol. The second-order valence-electron chi connectivity index (χ2n) is 6.05. The van der Waals surface area contributed by atoms with Gasteiger partial charge in [-0.2, -0.15) is 0 Å².